The van der Waals surface area contributed by atoms with Gasteiger partial charge in [0.15, 0.2) is 5.79 Å². The Morgan fingerprint density at radius 2 is 1.88 bits per heavy atom. The maximum Gasteiger partial charge on any atom is 0.226 e. The first-order valence-corrected chi connectivity index (χ1v) is 9.35. The molecule has 2 unspecified atom stereocenters. The number of carbonyl (C=O) groups excluding carboxylic acids is 1. The minimum absolute atomic E-state index is 0.0242. The first-order valence-electron chi connectivity index (χ1n) is 9.35. The van der Waals surface area contributed by atoms with Crippen molar-refractivity contribution < 1.29 is 14.3 Å². The van der Waals surface area contributed by atoms with E-state index in [1.807, 2.05) is 18.2 Å². The summed E-state index contributed by atoms with van der Waals surface area (Å²) in [6.07, 6.45) is 3.96. The van der Waals surface area contributed by atoms with Crippen LogP contribution in [0.15, 0.2) is 30.3 Å². The van der Waals surface area contributed by atoms with Gasteiger partial charge in [0.1, 0.15) is 0 Å². The van der Waals surface area contributed by atoms with Gasteiger partial charge < -0.3 is 14.8 Å². The first-order chi connectivity index (χ1) is 12.3. The average Bonchev–Trinajstić information content (AvgIpc) is 3.32. The van der Waals surface area contributed by atoms with Crippen LogP contribution in [-0.2, 0) is 14.3 Å². The lowest BCUT2D eigenvalue weighted by Gasteiger charge is -2.35. The van der Waals surface area contributed by atoms with Gasteiger partial charge in [-0.25, -0.2) is 5.43 Å². The molecule has 1 aliphatic carbocycles. The lowest BCUT2D eigenvalue weighted by Crippen LogP contribution is -2.41. The summed E-state index contributed by atoms with van der Waals surface area (Å²) in [5.41, 5.74) is 7.50. The number of hydrogen-bond donors (Lipinski definition) is 3. The van der Waals surface area contributed by atoms with Crippen LogP contribution < -0.4 is 16.2 Å². The van der Waals surface area contributed by atoms with E-state index in [0.717, 1.165) is 37.8 Å². The summed E-state index contributed by atoms with van der Waals surface area (Å²) in [5, 5.41) is 3.17. The molecule has 1 aromatic carbocycles. The highest BCUT2D eigenvalue weighted by atomic mass is 16.7. The van der Waals surface area contributed by atoms with Crippen LogP contribution in [0, 0.1) is 11.8 Å². The summed E-state index contributed by atoms with van der Waals surface area (Å²) >= 11 is 0. The van der Waals surface area contributed by atoms with Crippen LogP contribution in [0.3, 0.4) is 0 Å². The third kappa shape index (κ3) is 3.72. The first kappa shape index (κ1) is 17.0. The Bertz CT molecular complexity index is 579. The molecule has 6 heteroatoms. The summed E-state index contributed by atoms with van der Waals surface area (Å²) in [6.45, 7) is 2.82. The molecular formula is C19H27N3O3. The van der Waals surface area contributed by atoms with Crippen LogP contribution in [0.4, 0.5) is 0 Å². The van der Waals surface area contributed by atoms with Gasteiger partial charge in [0, 0.05) is 25.9 Å². The number of ether oxygens (including phenoxy) is 2. The number of nitrogens with one attached hydrogen (secondary N) is 3. The van der Waals surface area contributed by atoms with E-state index in [1.165, 1.54) is 0 Å². The summed E-state index contributed by atoms with van der Waals surface area (Å²) in [6, 6.07) is 10.2. The Morgan fingerprint density at radius 1 is 1.16 bits per heavy atom. The Balaban J connectivity index is 1.27. The zero-order valence-electron chi connectivity index (χ0n) is 14.5. The van der Waals surface area contributed by atoms with Gasteiger partial charge in [-0.15, -0.1) is 0 Å². The molecule has 2 atom stereocenters. The maximum absolute atomic E-state index is 12.7. The van der Waals surface area contributed by atoms with Crippen LogP contribution in [0.25, 0.3) is 0 Å². The van der Waals surface area contributed by atoms with Gasteiger partial charge in [0.2, 0.25) is 5.91 Å². The van der Waals surface area contributed by atoms with Gasteiger partial charge in [0.05, 0.1) is 25.2 Å². The third-order valence-electron chi connectivity index (χ3n) is 5.72. The van der Waals surface area contributed by atoms with Gasteiger partial charge in [-0.1, -0.05) is 30.3 Å². The lowest BCUT2D eigenvalue weighted by molar-refractivity contribution is -0.182. The molecule has 136 valence electrons. The molecule has 6 nitrogen and oxygen atoms in total. The van der Waals surface area contributed by atoms with Crippen molar-refractivity contribution in [1.29, 1.82) is 0 Å². The molecule has 2 heterocycles. The fourth-order valence-electron chi connectivity index (χ4n) is 4.20. The fourth-order valence-corrected chi connectivity index (χ4v) is 4.20. The summed E-state index contributed by atoms with van der Waals surface area (Å²) in [7, 11) is 0. The van der Waals surface area contributed by atoms with Crippen molar-refractivity contribution in [2.24, 2.45) is 11.8 Å². The maximum atomic E-state index is 12.7. The molecule has 25 heavy (non-hydrogen) atoms. The monoisotopic (exact) mass is 345 g/mol. The highest BCUT2D eigenvalue weighted by molar-refractivity contribution is 5.80. The largest absolute Gasteiger partial charge is 0.355 e. The van der Waals surface area contributed by atoms with Crippen molar-refractivity contribution in [3.8, 4) is 0 Å². The quantitative estimate of drug-likeness (QED) is 0.771. The standard InChI is InChI=1S/C19H27N3O3/c23-18(16-13-21-22-17(16)15-4-2-1-3-5-15)20-12-14-6-8-19(9-7-14)24-10-11-25-19/h1-5,14,16-17,21-22H,6-13H2,(H,20,23). The molecule has 4 rings (SSSR count). The van der Waals surface area contributed by atoms with Crippen molar-refractivity contribution in [3.63, 3.8) is 0 Å². The number of carbonyl (C=O) groups is 1. The number of hydrogen-bond acceptors (Lipinski definition) is 5. The molecule has 1 aromatic rings. The summed E-state index contributed by atoms with van der Waals surface area (Å²) in [5.74, 6) is 0.233. The molecule has 1 saturated carbocycles. The zero-order chi connectivity index (χ0) is 17.1. The van der Waals surface area contributed by atoms with E-state index < -0.39 is 0 Å². The van der Waals surface area contributed by atoms with E-state index >= 15 is 0 Å². The highest BCUT2D eigenvalue weighted by Crippen LogP contribution is 2.38. The molecule has 1 spiro atoms. The second-order valence-electron chi connectivity index (χ2n) is 7.32. The van der Waals surface area contributed by atoms with Crippen LogP contribution >= 0.6 is 0 Å². The number of benzene rings is 1. The second kappa shape index (κ2) is 7.41. The molecule has 3 N–H and O–H groups in total. The number of rotatable bonds is 4. The summed E-state index contributed by atoms with van der Waals surface area (Å²) < 4.78 is 11.5. The molecule has 2 aliphatic heterocycles. The van der Waals surface area contributed by atoms with E-state index in [0.29, 0.717) is 25.7 Å². The van der Waals surface area contributed by atoms with Crippen molar-refractivity contribution in [1.82, 2.24) is 16.2 Å². The van der Waals surface area contributed by atoms with Crippen LogP contribution in [0.2, 0.25) is 0 Å². The molecule has 0 radical (unpaired) electrons. The van der Waals surface area contributed by atoms with E-state index in [9.17, 15) is 4.79 Å². The lowest BCUT2D eigenvalue weighted by atomic mass is 9.85. The normalized spacial score (nSPS) is 29.1. The van der Waals surface area contributed by atoms with Crippen molar-refractivity contribution >= 4 is 5.91 Å². The molecular weight excluding hydrogens is 318 g/mol. The molecule has 0 aromatic heterocycles. The van der Waals surface area contributed by atoms with Crippen molar-refractivity contribution in [2.75, 3.05) is 26.3 Å². The van der Waals surface area contributed by atoms with E-state index in [2.05, 4.69) is 28.3 Å². The highest BCUT2D eigenvalue weighted by Gasteiger charge is 2.40. The topological polar surface area (TPSA) is 71.6 Å². The molecule has 3 fully saturated rings. The molecule has 1 amide bonds. The predicted octanol–water partition coefficient (Wildman–Crippen LogP) is 1.50. The smallest absolute Gasteiger partial charge is 0.226 e. The second-order valence-corrected chi connectivity index (χ2v) is 7.32. The molecule has 3 aliphatic rings. The Labute approximate surface area is 148 Å². The fraction of sp³-hybridized carbons (Fsp3) is 0.632. The molecule has 0 bridgehead atoms. The zero-order valence-corrected chi connectivity index (χ0v) is 14.5. The molecule has 2 saturated heterocycles. The SMILES string of the molecule is O=C(NCC1CCC2(CC1)OCCO2)C1CNNC1c1ccccc1. The van der Waals surface area contributed by atoms with Gasteiger partial charge in [0.25, 0.3) is 0 Å². The van der Waals surface area contributed by atoms with Crippen LogP contribution in [0.1, 0.15) is 37.3 Å². The van der Waals surface area contributed by atoms with Gasteiger partial charge in [-0.3, -0.25) is 10.2 Å². The Morgan fingerprint density at radius 3 is 2.60 bits per heavy atom. The van der Waals surface area contributed by atoms with Gasteiger partial charge >= 0.3 is 0 Å². The Kier molecular flexibility index (Phi) is 5.03. The number of amides is 1. The van der Waals surface area contributed by atoms with Crippen LogP contribution in [0.5, 0.6) is 0 Å². The van der Waals surface area contributed by atoms with Gasteiger partial charge in [-0.05, 0) is 24.3 Å². The van der Waals surface area contributed by atoms with Crippen molar-refractivity contribution in [3.05, 3.63) is 35.9 Å². The van der Waals surface area contributed by atoms with E-state index in [4.69, 9.17) is 9.47 Å². The average molecular weight is 345 g/mol. The van der Waals surface area contributed by atoms with Gasteiger partial charge in [-0.2, -0.15) is 0 Å². The predicted molar refractivity (Wildman–Crippen MR) is 93.4 cm³/mol. The Hall–Kier alpha value is -1.47. The van der Waals surface area contributed by atoms with Crippen LogP contribution in [-0.4, -0.2) is 38.0 Å². The minimum Gasteiger partial charge on any atom is -0.355 e. The van der Waals surface area contributed by atoms with Crippen molar-refractivity contribution in [2.45, 2.75) is 37.5 Å². The third-order valence-corrected chi connectivity index (χ3v) is 5.72. The number of hydrazine groups is 1. The minimum atomic E-state index is -0.321. The van der Waals surface area contributed by atoms with E-state index in [1.54, 1.807) is 0 Å². The van der Waals surface area contributed by atoms with E-state index in [-0.39, 0.29) is 23.7 Å². The summed E-state index contributed by atoms with van der Waals surface area (Å²) in [4.78, 5) is 12.7.